The van der Waals surface area contributed by atoms with Crippen molar-refractivity contribution < 1.29 is 9.47 Å². The number of ether oxygens (including phenoxy) is 2. The predicted octanol–water partition coefficient (Wildman–Crippen LogP) is 5.36. The molecule has 2 rings (SSSR count). The van der Waals surface area contributed by atoms with Crippen LogP contribution in [-0.2, 0) is 6.61 Å². The molecule has 0 aliphatic heterocycles. The van der Waals surface area contributed by atoms with Gasteiger partial charge in [-0.2, -0.15) is 0 Å². The van der Waals surface area contributed by atoms with E-state index in [2.05, 4.69) is 0 Å². The van der Waals surface area contributed by atoms with Crippen LogP contribution in [0.3, 0.4) is 0 Å². The lowest BCUT2D eigenvalue weighted by Crippen LogP contribution is -2.05. The fraction of sp³-hybridized carbons (Fsp3) is 0.250. The van der Waals surface area contributed by atoms with Crippen molar-refractivity contribution in [2.75, 3.05) is 0 Å². The quantitative estimate of drug-likeness (QED) is 0.740. The van der Waals surface area contributed by atoms with Gasteiger partial charge in [0.05, 0.1) is 6.10 Å². The minimum absolute atomic E-state index is 0.135. The van der Waals surface area contributed by atoms with Crippen LogP contribution < -0.4 is 9.47 Å². The van der Waals surface area contributed by atoms with Gasteiger partial charge in [0, 0.05) is 21.7 Å². The first kappa shape index (κ1) is 15.0. The molecule has 0 saturated carbocycles. The average molecular weight is 311 g/mol. The topological polar surface area (TPSA) is 18.5 Å². The van der Waals surface area contributed by atoms with Gasteiger partial charge in [0.15, 0.2) is 0 Å². The van der Waals surface area contributed by atoms with E-state index in [1.165, 1.54) is 0 Å². The summed E-state index contributed by atoms with van der Waals surface area (Å²) in [6.45, 7) is 4.36. The molecule has 2 aromatic carbocycles. The molecular weight excluding hydrogens is 295 g/mol. The van der Waals surface area contributed by atoms with Gasteiger partial charge in [-0.15, -0.1) is 0 Å². The van der Waals surface area contributed by atoms with Crippen molar-refractivity contribution in [3.63, 3.8) is 0 Å². The molecule has 0 unspecified atom stereocenters. The molecule has 4 heteroatoms. The summed E-state index contributed by atoms with van der Waals surface area (Å²) in [4.78, 5) is 0. The Balaban J connectivity index is 2.03. The Morgan fingerprint density at radius 1 is 1.00 bits per heavy atom. The Labute approximate surface area is 129 Å². The van der Waals surface area contributed by atoms with Gasteiger partial charge in [-0.3, -0.25) is 0 Å². The van der Waals surface area contributed by atoms with E-state index in [9.17, 15) is 0 Å². The van der Waals surface area contributed by atoms with Gasteiger partial charge in [-0.05, 0) is 38.1 Å². The molecule has 2 aromatic rings. The summed E-state index contributed by atoms with van der Waals surface area (Å²) in [5, 5.41) is 1.22. The summed E-state index contributed by atoms with van der Waals surface area (Å²) in [6, 6.07) is 12.9. The van der Waals surface area contributed by atoms with Crippen LogP contribution in [-0.4, -0.2) is 6.10 Å². The molecule has 0 aromatic heterocycles. The third kappa shape index (κ3) is 4.32. The van der Waals surface area contributed by atoms with Crippen molar-refractivity contribution in [1.29, 1.82) is 0 Å². The maximum Gasteiger partial charge on any atom is 0.123 e. The number of benzene rings is 2. The molecule has 0 atom stereocenters. The lowest BCUT2D eigenvalue weighted by Gasteiger charge is -2.12. The highest BCUT2D eigenvalue weighted by molar-refractivity contribution is 6.35. The largest absolute Gasteiger partial charge is 0.491 e. The maximum absolute atomic E-state index is 6.11. The van der Waals surface area contributed by atoms with Gasteiger partial charge in [0.1, 0.15) is 18.1 Å². The van der Waals surface area contributed by atoms with E-state index in [1.807, 2.05) is 44.2 Å². The zero-order valence-corrected chi connectivity index (χ0v) is 12.9. The summed E-state index contributed by atoms with van der Waals surface area (Å²) in [6.07, 6.45) is 0.135. The second kappa shape index (κ2) is 6.87. The Kier molecular flexibility index (Phi) is 5.16. The first-order valence-corrected chi connectivity index (χ1v) is 7.13. The normalized spacial score (nSPS) is 10.7. The lowest BCUT2D eigenvalue weighted by molar-refractivity contribution is 0.239. The first-order chi connectivity index (χ1) is 9.54. The van der Waals surface area contributed by atoms with E-state index < -0.39 is 0 Å². The average Bonchev–Trinajstić information content (AvgIpc) is 2.37. The minimum Gasteiger partial charge on any atom is -0.491 e. The highest BCUT2D eigenvalue weighted by Gasteiger charge is 2.04. The third-order valence-electron chi connectivity index (χ3n) is 2.59. The summed E-state index contributed by atoms with van der Waals surface area (Å²) in [5.41, 5.74) is 0.895. The second-order valence-electron chi connectivity index (χ2n) is 4.67. The van der Waals surface area contributed by atoms with Gasteiger partial charge in [0.2, 0.25) is 0 Å². The molecular formula is C16H16Cl2O2. The van der Waals surface area contributed by atoms with E-state index >= 15 is 0 Å². The summed E-state index contributed by atoms with van der Waals surface area (Å²) in [5.74, 6) is 1.54. The standard InChI is InChI=1S/C16H16Cl2O2/c1-11(2)20-15-5-3-4-14(9-15)19-10-12-6-7-13(17)8-16(12)18/h3-9,11H,10H2,1-2H3. The van der Waals surface area contributed by atoms with Crippen molar-refractivity contribution in [2.24, 2.45) is 0 Å². The first-order valence-electron chi connectivity index (χ1n) is 6.38. The van der Waals surface area contributed by atoms with E-state index in [0.717, 1.165) is 17.1 Å². The number of hydrogen-bond acceptors (Lipinski definition) is 2. The van der Waals surface area contributed by atoms with Crippen molar-refractivity contribution >= 4 is 23.2 Å². The van der Waals surface area contributed by atoms with Crippen molar-refractivity contribution in [1.82, 2.24) is 0 Å². The minimum atomic E-state index is 0.135. The van der Waals surface area contributed by atoms with Gasteiger partial charge in [-0.25, -0.2) is 0 Å². The van der Waals surface area contributed by atoms with Crippen molar-refractivity contribution in [2.45, 2.75) is 26.6 Å². The van der Waals surface area contributed by atoms with Crippen LogP contribution in [0, 0.1) is 0 Å². The maximum atomic E-state index is 6.11. The van der Waals surface area contributed by atoms with Gasteiger partial charge >= 0.3 is 0 Å². The molecule has 0 fully saturated rings. The van der Waals surface area contributed by atoms with E-state index in [0.29, 0.717) is 16.7 Å². The van der Waals surface area contributed by atoms with E-state index in [-0.39, 0.29) is 6.10 Å². The SMILES string of the molecule is CC(C)Oc1cccc(OCc2ccc(Cl)cc2Cl)c1. The molecule has 0 aliphatic rings. The predicted molar refractivity (Wildman–Crippen MR) is 83.0 cm³/mol. The number of rotatable bonds is 5. The molecule has 0 radical (unpaired) electrons. The molecule has 0 aliphatic carbocycles. The van der Waals surface area contributed by atoms with Crippen LogP contribution in [0.4, 0.5) is 0 Å². The monoisotopic (exact) mass is 310 g/mol. The Hall–Kier alpha value is -1.38. The molecule has 0 N–H and O–H groups in total. The Bertz CT molecular complexity index is 582. The second-order valence-corrected chi connectivity index (χ2v) is 5.51. The van der Waals surface area contributed by atoms with Crippen molar-refractivity contribution in [3.05, 3.63) is 58.1 Å². The molecule has 0 spiro atoms. The fourth-order valence-electron chi connectivity index (χ4n) is 1.71. The van der Waals surface area contributed by atoms with Crippen molar-refractivity contribution in [3.8, 4) is 11.5 Å². The Morgan fingerprint density at radius 3 is 2.45 bits per heavy atom. The number of halogens is 2. The molecule has 0 amide bonds. The van der Waals surface area contributed by atoms with Crippen LogP contribution in [0.2, 0.25) is 10.0 Å². The zero-order valence-electron chi connectivity index (χ0n) is 11.4. The fourth-order valence-corrected chi connectivity index (χ4v) is 2.17. The summed E-state index contributed by atoms with van der Waals surface area (Å²) < 4.78 is 11.4. The lowest BCUT2D eigenvalue weighted by atomic mass is 10.2. The van der Waals surface area contributed by atoms with Crippen LogP contribution in [0.5, 0.6) is 11.5 Å². The third-order valence-corrected chi connectivity index (χ3v) is 3.17. The summed E-state index contributed by atoms with van der Waals surface area (Å²) >= 11 is 12.0. The van der Waals surface area contributed by atoms with Crippen LogP contribution in [0.1, 0.15) is 19.4 Å². The van der Waals surface area contributed by atoms with Crippen LogP contribution >= 0.6 is 23.2 Å². The highest BCUT2D eigenvalue weighted by atomic mass is 35.5. The summed E-state index contributed by atoms with van der Waals surface area (Å²) in [7, 11) is 0. The molecule has 106 valence electrons. The van der Waals surface area contributed by atoms with Crippen LogP contribution in [0.15, 0.2) is 42.5 Å². The number of hydrogen-bond donors (Lipinski definition) is 0. The molecule has 2 nitrogen and oxygen atoms in total. The van der Waals surface area contributed by atoms with E-state index in [1.54, 1.807) is 12.1 Å². The smallest absolute Gasteiger partial charge is 0.123 e. The zero-order chi connectivity index (χ0) is 14.5. The highest BCUT2D eigenvalue weighted by Crippen LogP contribution is 2.24. The van der Waals surface area contributed by atoms with Gasteiger partial charge in [-0.1, -0.05) is 35.3 Å². The van der Waals surface area contributed by atoms with Crippen LogP contribution in [0.25, 0.3) is 0 Å². The molecule has 0 bridgehead atoms. The molecule has 0 heterocycles. The molecule has 0 saturated heterocycles. The van der Waals surface area contributed by atoms with E-state index in [4.69, 9.17) is 32.7 Å². The molecule has 20 heavy (non-hydrogen) atoms. The van der Waals surface area contributed by atoms with Gasteiger partial charge in [0.25, 0.3) is 0 Å². The van der Waals surface area contributed by atoms with Gasteiger partial charge < -0.3 is 9.47 Å². The Morgan fingerprint density at radius 2 is 1.75 bits per heavy atom.